The standard InChI is InChI=1S/C24H26N2O2S/c1-17-5-7-18(8-6-17)19-9-13-21(14-10-19)25-23(27)20-11-15-22(16-12-20)26-29(28)24(2,3)4/h5-16,26H,1-4H3,(H,25,27). The Labute approximate surface area is 175 Å². The molecule has 0 spiro atoms. The summed E-state index contributed by atoms with van der Waals surface area (Å²) >= 11 is -1.21. The molecular weight excluding hydrogens is 380 g/mol. The van der Waals surface area contributed by atoms with Crippen molar-refractivity contribution in [1.82, 2.24) is 0 Å². The number of rotatable bonds is 5. The first-order valence-electron chi connectivity index (χ1n) is 9.49. The van der Waals surface area contributed by atoms with Crippen molar-refractivity contribution in [2.24, 2.45) is 0 Å². The first kappa shape index (κ1) is 21.0. The van der Waals surface area contributed by atoms with Crippen molar-refractivity contribution < 1.29 is 9.35 Å². The monoisotopic (exact) mass is 406 g/mol. The van der Waals surface area contributed by atoms with E-state index in [4.69, 9.17) is 0 Å². The molecule has 0 bridgehead atoms. The minimum Gasteiger partial charge on any atom is -0.593 e. The summed E-state index contributed by atoms with van der Waals surface area (Å²) in [6.45, 7) is 7.78. The van der Waals surface area contributed by atoms with Gasteiger partial charge in [-0.1, -0.05) is 42.0 Å². The third-order valence-corrected chi connectivity index (χ3v) is 5.97. The van der Waals surface area contributed by atoms with Gasteiger partial charge in [0.15, 0.2) is 0 Å². The Morgan fingerprint density at radius 1 is 0.793 bits per heavy atom. The number of hydrogen-bond acceptors (Lipinski definition) is 3. The summed E-state index contributed by atoms with van der Waals surface area (Å²) in [7, 11) is 0. The smallest absolute Gasteiger partial charge is 0.255 e. The second-order valence-electron chi connectivity index (χ2n) is 7.96. The number of carbonyl (C=O) groups excluding carboxylic acids is 1. The molecule has 0 saturated heterocycles. The molecule has 3 aromatic carbocycles. The van der Waals surface area contributed by atoms with Crippen LogP contribution in [0.5, 0.6) is 0 Å². The maximum Gasteiger partial charge on any atom is 0.255 e. The van der Waals surface area contributed by atoms with Crippen molar-refractivity contribution in [2.75, 3.05) is 10.0 Å². The van der Waals surface area contributed by atoms with Gasteiger partial charge in [0.25, 0.3) is 5.91 Å². The van der Waals surface area contributed by atoms with Crippen molar-refractivity contribution in [3.05, 3.63) is 83.9 Å². The van der Waals surface area contributed by atoms with Gasteiger partial charge in [0.2, 0.25) is 0 Å². The molecule has 29 heavy (non-hydrogen) atoms. The van der Waals surface area contributed by atoms with E-state index in [2.05, 4.69) is 41.2 Å². The Kier molecular flexibility index (Phi) is 6.30. The summed E-state index contributed by atoms with van der Waals surface area (Å²) in [5, 5.41) is 2.91. The lowest BCUT2D eigenvalue weighted by atomic mass is 10.0. The first-order chi connectivity index (χ1) is 13.7. The number of aryl methyl sites for hydroxylation is 1. The number of hydrogen-bond donors (Lipinski definition) is 2. The topological polar surface area (TPSA) is 64.2 Å². The second-order valence-corrected chi connectivity index (χ2v) is 9.92. The van der Waals surface area contributed by atoms with Crippen LogP contribution in [0.25, 0.3) is 11.1 Å². The van der Waals surface area contributed by atoms with Crippen LogP contribution in [0.2, 0.25) is 0 Å². The average Bonchev–Trinajstić information content (AvgIpc) is 2.69. The molecule has 4 nitrogen and oxygen atoms in total. The zero-order valence-electron chi connectivity index (χ0n) is 17.2. The van der Waals surface area contributed by atoms with Crippen molar-refractivity contribution in [3.8, 4) is 11.1 Å². The van der Waals surface area contributed by atoms with Gasteiger partial charge in [0.05, 0.1) is 17.0 Å². The predicted octanol–water partition coefficient (Wildman–Crippen LogP) is 5.79. The van der Waals surface area contributed by atoms with Gasteiger partial charge in [-0.2, -0.15) is 0 Å². The minimum atomic E-state index is -1.21. The number of benzene rings is 3. The van der Waals surface area contributed by atoms with Gasteiger partial charge in [-0.15, -0.1) is 0 Å². The molecule has 3 aromatic rings. The Morgan fingerprint density at radius 2 is 1.28 bits per heavy atom. The fourth-order valence-electron chi connectivity index (χ4n) is 2.65. The highest BCUT2D eigenvalue weighted by Gasteiger charge is 2.26. The summed E-state index contributed by atoms with van der Waals surface area (Å²) in [5.74, 6) is -0.184. The molecule has 5 heteroatoms. The third-order valence-electron chi connectivity index (χ3n) is 4.44. The van der Waals surface area contributed by atoms with Gasteiger partial charge in [0.1, 0.15) is 4.75 Å². The van der Waals surface area contributed by atoms with E-state index in [0.717, 1.165) is 22.5 Å². The van der Waals surface area contributed by atoms with Gasteiger partial charge in [-0.05, 0) is 75.2 Å². The molecule has 3 rings (SSSR count). The van der Waals surface area contributed by atoms with Crippen LogP contribution in [-0.4, -0.2) is 15.2 Å². The highest BCUT2D eigenvalue weighted by molar-refractivity contribution is 7.94. The Hall–Kier alpha value is -2.76. The van der Waals surface area contributed by atoms with Gasteiger partial charge in [0, 0.05) is 11.3 Å². The molecule has 0 fully saturated rings. The van der Waals surface area contributed by atoms with Crippen LogP contribution in [0.4, 0.5) is 11.4 Å². The molecular formula is C24H26N2O2S. The zero-order valence-corrected chi connectivity index (χ0v) is 18.0. The lowest BCUT2D eigenvalue weighted by Crippen LogP contribution is -2.33. The highest BCUT2D eigenvalue weighted by Crippen LogP contribution is 2.23. The maximum absolute atomic E-state index is 12.5. The van der Waals surface area contributed by atoms with E-state index in [9.17, 15) is 9.35 Å². The van der Waals surface area contributed by atoms with Crippen LogP contribution in [0.1, 0.15) is 36.7 Å². The van der Waals surface area contributed by atoms with Crippen molar-refractivity contribution in [3.63, 3.8) is 0 Å². The van der Waals surface area contributed by atoms with Crippen LogP contribution < -0.4 is 10.0 Å². The van der Waals surface area contributed by atoms with E-state index in [-0.39, 0.29) is 10.7 Å². The SMILES string of the molecule is Cc1ccc(-c2ccc(NC(=O)c3ccc(N[S+]([O-])C(C)(C)C)cc3)cc2)cc1. The third kappa shape index (κ3) is 5.62. The van der Waals surface area contributed by atoms with Crippen LogP contribution in [0.15, 0.2) is 72.8 Å². The number of nitrogens with one attached hydrogen (secondary N) is 2. The lowest BCUT2D eigenvalue weighted by molar-refractivity contribution is 0.102. The van der Waals surface area contributed by atoms with Crippen molar-refractivity contribution >= 4 is 28.6 Å². The Morgan fingerprint density at radius 3 is 1.79 bits per heavy atom. The molecule has 0 aliphatic heterocycles. The second kappa shape index (κ2) is 8.72. The predicted molar refractivity (Wildman–Crippen MR) is 123 cm³/mol. The van der Waals surface area contributed by atoms with Gasteiger partial charge in [-0.3, -0.25) is 4.79 Å². The first-order valence-corrected chi connectivity index (χ1v) is 10.6. The molecule has 0 aromatic heterocycles. The summed E-state index contributed by atoms with van der Waals surface area (Å²) < 4.78 is 14.8. The largest absolute Gasteiger partial charge is 0.593 e. The van der Waals surface area contributed by atoms with Gasteiger partial charge in [-0.25, -0.2) is 4.72 Å². The van der Waals surface area contributed by atoms with E-state index < -0.39 is 11.4 Å². The number of anilines is 2. The summed E-state index contributed by atoms with van der Waals surface area (Å²) in [6.07, 6.45) is 0. The van der Waals surface area contributed by atoms with Gasteiger partial charge < -0.3 is 9.87 Å². The van der Waals surface area contributed by atoms with E-state index >= 15 is 0 Å². The van der Waals surface area contributed by atoms with E-state index in [0.29, 0.717) is 5.56 Å². The quantitative estimate of drug-likeness (QED) is 0.527. The summed E-state index contributed by atoms with van der Waals surface area (Å²) in [6, 6.07) is 23.1. The Bertz CT molecular complexity index is 960. The molecule has 0 heterocycles. The summed E-state index contributed by atoms with van der Waals surface area (Å²) in [5.41, 5.74) is 5.47. The lowest BCUT2D eigenvalue weighted by Gasteiger charge is -2.23. The number of amides is 1. The molecule has 2 N–H and O–H groups in total. The maximum atomic E-state index is 12.5. The Balaban J connectivity index is 1.63. The van der Waals surface area contributed by atoms with Crippen LogP contribution in [-0.2, 0) is 11.4 Å². The number of carbonyl (C=O) groups is 1. The highest BCUT2D eigenvalue weighted by atomic mass is 32.2. The molecule has 1 unspecified atom stereocenters. The zero-order chi connectivity index (χ0) is 21.0. The van der Waals surface area contributed by atoms with E-state index in [1.165, 1.54) is 5.56 Å². The van der Waals surface area contributed by atoms with Crippen LogP contribution in [0, 0.1) is 6.92 Å². The van der Waals surface area contributed by atoms with Crippen molar-refractivity contribution in [1.29, 1.82) is 0 Å². The van der Waals surface area contributed by atoms with E-state index in [1.54, 1.807) is 24.3 Å². The molecule has 150 valence electrons. The van der Waals surface area contributed by atoms with Crippen LogP contribution >= 0.6 is 0 Å². The van der Waals surface area contributed by atoms with Crippen molar-refractivity contribution in [2.45, 2.75) is 32.4 Å². The molecule has 0 aliphatic rings. The van der Waals surface area contributed by atoms with E-state index in [1.807, 2.05) is 45.0 Å². The fraction of sp³-hybridized carbons (Fsp3) is 0.208. The normalized spacial score (nSPS) is 12.3. The molecule has 0 aliphatic carbocycles. The summed E-state index contributed by atoms with van der Waals surface area (Å²) in [4.78, 5) is 12.5. The van der Waals surface area contributed by atoms with Gasteiger partial charge >= 0.3 is 0 Å². The fourth-order valence-corrected chi connectivity index (χ4v) is 3.30. The molecule has 1 amide bonds. The van der Waals surface area contributed by atoms with Crippen LogP contribution in [0.3, 0.4) is 0 Å². The molecule has 0 saturated carbocycles. The average molecular weight is 407 g/mol. The minimum absolute atomic E-state index is 0.184. The molecule has 1 atom stereocenters. The molecule has 0 radical (unpaired) electrons.